The van der Waals surface area contributed by atoms with E-state index in [1.807, 2.05) is 49.4 Å². The van der Waals surface area contributed by atoms with Crippen LogP contribution in [0, 0.1) is 18.8 Å². The second-order valence-electron chi connectivity index (χ2n) is 4.34. The summed E-state index contributed by atoms with van der Waals surface area (Å²) in [6.45, 7) is 2.46. The molecule has 0 bridgehead atoms. The maximum absolute atomic E-state index is 6.17. The van der Waals surface area contributed by atoms with Crippen molar-refractivity contribution >= 4 is 23.2 Å². The number of alkyl halides is 1. The minimum Gasteiger partial charge on any atom is -0.489 e. The summed E-state index contributed by atoms with van der Waals surface area (Å²) < 4.78 is 5.71. The van der Waals surface area contributed by atoms with Crippen molar-refractivity contribution in [3.05, 3.63) is 64.2 Å². The molecule has 0 radical (unpaired) electrons. The van der Waals surface area contributed by atoms with E-state index in [0.717, 1.165) is 27.5 Å². The summed E-state index contributed by atoms with van der Waals surface area (Å²) in [5.41, 5.74) is 3.04. The molecule has 1 nitrogen and oxygen atoms in total. The van der Waals surface area contributed by atoms with Crippen molar-refractivity contribution in [2.45, 2.75) is 13.5 Å². The average Bonchev–Trinajstić information content (AvgIpc) is 2.45. The fraction of sp³-hybridized carbons (Fsp3) is 0.176. The molecule has 0 N–H and O–H groups in total. The second kappa shape index (κ2) is 7.24. The summed E-state index contributed by atoms with van der Waals surface area (Å²) in [5.74, 6) is 6.89. The molecule has 102 valence electrons. The van der Waals surface area contributed by atoms with E-state index < -0.39 is 0 Å². The molecule has 0 atom stereocenters. The van der Waals surface area contributed by atoms with E-state index >= 15 is 0 Å². The van der Waals surface area contributed by atoms with Gasteiger partial charge in [-0.15, -0.1) is 11.6 Å². The van der Waals surface area contributed by atoms with Gasteiger partial charge < -0.3 is 4.74 Å². The Balaban J connectivity index is 2.00. The quantitative estimate of drug-likeness (QED) is 0.583. The van der Waals surface area contributed by atoms with Crippen LogP contribution in [-0.4, -0.2) is 5.88 Å². The van der Waals surface area contributed by atoms with Gasteiger partial charge in [-0.1, -0.05) is 35.6 Å². The summed E-state index contributed by atoms with van der Waals surface area (Å²) in [5, 5.41) is 0.731. The highest BCUT2D eigenvalue weighted by Crippen LogP contribution is 2.20. The van der Waals surface area contributed by atoms with E-state index in [-0.39, 0.29) is 0 Å². The topological polar surface area (TPSA) is 9.23 Å². The molecule has 0 unspecified atom stereocenters. The number of halogens is 2. The monoisotopic (exact) mass is 304 g/mol. The summed E-state index contributed by atoms with van der Waals surface area (Å²) in [4.78, 5) is 0. The Bertz CT molecular complexity index is 636. The molecular weight excluding hydrogens is 291 g/mol. The summed E-state index contributed by atoms with van der Waals surface area (Å²) >= 11 is 11.7. The van der Waals surface area contributed by atoms with Crippen LogP contribution in [0.25, 0.3) is 0 Å². The second-order valence-corrected chi connectivity index (χ2v) is 5.02. The van der Waals surface area contributed by atoms with E-state index in [9.17, 15) is 0 Å². The molecule has 0 saturated heterocycles. The lowest BCUT2D eigenvalue weighted by atomic mass is 10.1. The molecule has 2 rings (SSSR count). The minimum atomic E-state index is 0.337. The van der Waals surface area contributed by atoms with E-state index in [1.165, 1.54) is 0 Å². The molecule has 0 amide bonds. The first-order valence-corrected chi connectivity index (χ1v) is 7.13. The third-order valence-electron chi connectivity index (χ3n) is 2.76. The zero-order chi connectivity index (χ0) is 14.4. The SMILES string of the molecule is Cc1ccc(COc2ccc(C#CCCl)cc2)c(Cl)c1. The maximum atomic E-state index is 6.17. The predicted molar refractivity (Wildman–Crippen MR) is 84.6 cm³/mol. The number of rotatable bonds is 3. The highest BCUT2D eigenvalue weighted by atomic mass is 35.5. The lowest BCUT2D eigenvalue weighted by molar-refractivity contribution is 0.306. The molecule has 2 aromatic carbocycles. The van der Waals surface area contributed by atoms with E-state index in [4.69, 9.17) is 27.9 Å². The Morgan fingerprint density at radius 2 is 1.85 bits per heavy atom. The Labute approximate surface area is 129 Å². The van der Waals surface area contributed by atoms with Gasteiger partial charge in [0.25, 0.3) is 0 Å². The number of aryl methyl sites for hydroxylation is 1. The van der Waals surface area contributed by atoms with Gasteiger partial charge >= 0.3 is 0 Å². The van der Waals surface area contributed by atoms with Crippen LogP contribution in [-0.2, 0) is 6.61 Å². The summed E-state index contributed by atoms with van der Waals surface area (Å²) in [7, 11) is 0. The van der Waals surface area contributed by atoms with Crippen molar-refractivity contribution in [1.29, 1.82) is 0 Å². The molecule has 2 aromatic rings. The molecule has 0 aliphatic carbocycles. The fourth-order valence-electron chi connectivity index (χ4n) is 1.70. The van der Waals surface area contributed by atoms with Gasteiger partial charge in [0.05, 0.1) is 5.88 Å². The van der Waals surface area contributed by atoms with Gasteiger partial charge in [-0.25, -0.2) is 0 Å². The first kappa shape index (κ1) is 14.8. The van der Waals surface area contributed by atoms with Crippen LogP contribution >= 0.6 is 23.2 Å². The summed E-state index contributed by atoms with van der Waals surface area (Å²) in [6.07, 6.45) is 0. The molecule has 0 aliphatic rings. The Kier molecular flexibility index (Phi) is 5.35. The molecule has 0 fully saturated rings. The van der Waals surface area contributed by atoms with Crippen LogP contribution in [0.2, 0.25) is 5.02 Å². The van der Waals surface area contributed by atoms with E-state index in [0.29, 0.717) is 12.5 Å². The van der Waals surface area contributed by atoms with Crippen molar-refractivity contribution in [2.24, 2.45) is 0 Å². The normalized spacial score (nSPS) is 9.75. The predicted octanol–water partition coefficient (Wildman–Crippen LogP) is 4.82. The maximum Gasteiger partial charge on any atom is 0.119 e. The van der Waals surface area contributed by atoms with Crippen molar-refractivity contribution in [2.75, 3.05) is 5.88 Å². The highest BCUT2D eigenvalue weighted by molar-refractivity contribution is 6.31. The molecule has 20 heavy (non-hydrogen) atoms. The van der Waals surface area contributed by atoms with Gasteiger partial charge in [-0.05, 0) is 42.8 Å². The Morgan fingerprint density at radius 3 is 2.50 bits per heavy atom. The minimum absolute atomic E-state index is 0.337. The lowest BCUT2D eigenvalue weighted by Crippen LogP contribution is -1.96. The molecule has 0 saturated carbocycles. The van der Waals surface area contributed by atoms with Gasteiger partial charge in [0.1, 0.15) is 12.4 Å². The number of hydrogen-bond acceptors (Lipinski definition) is 1. The summed E-state index contributed by atoms with van der Waals surface area (Å²) in [6, 6.07) is 13.5. The lowest BCUT2D eigenvalue weighted by Gasteiger charge is -2.08. The Hall–Kier alpha value is -1.62. The third kappa shape index (κ3) is 4.20. The largest absolute Gasteiger partial charge is 0.489 e. The Morgan fingerprint density at radius 1 is 1.10 bits per heavy atom. The van der Waals surface area contributed by atoms with Crippen molar-refractivity contribution in [1.82, 2.24) is 0 Å². The van der Waals surface area contributed by atoms with Crippen LogP contribution in [0.4, 0.5) is 0 Å². The zero-order valence-electron chi connectivity index (χ0n) is 11.1. The van der Waals surface area contributed by atoms with E-state index in [1.54, 1.807) is 0 Å². The van der Waals surface area contributed by atoms with Gasteiger partial charge in [0.15, 0.2) is 0 Å². The zero-order valence-corrected chi connectivity index (χ0v) is 12.6. The van der Waals surface area contributed by atoms with Crippen LogP contribution in [0.5, 0.6) is 5.75 Å². The van der Waals surface area contributed by atoms with Gasteiger partial charge in [-0.2, -0.15) is 0 Å². The molecule has 0 aliphatic heterocycles. The van der Waals surface area contributed by atoms with Crippen LogP contribution in [0.3, 0.4) is 0 Å². The van der Waals surface area contributed by atoms with Gasteiger partial charge in [-0.3, -0.25) is 0 Å². The molecule has 3 heteroatoms. The van der Waals surface area contributed by atoms with Crippen molar-refractivity contribution in [3.63, 3.8) is 0 Å². The average molecular weight is 305 g/mol. The van der Waals surface area contributed by atoms with E-state index in [2.05, 4.69) is 11.8 Å². The number of benzene rings is 2. The third-order valence-corrected chi connectivity index (χ3v) is 3.24. The highest BCUT2D eigenvalue weighted by Gasteiger charge is 2.01. The van der Waals surface area contributed by atoms with Crippen molar-refractivity contribution < 1.29 is 4.74 Å². The van der Waals surface area contributed by atoms with Gasteiger partial charge in [0.2, 0.25) is 0 Å². The molecular formula is C17H14Cl2O. The molecule has 0 spiro atoms. The van der Waals surface area contributed by atoms with Crippen LogP contribution in [0.15, 0.2) is 42.5 Å². The van der Waals surface area contributed by atoms with Crippen molar-refractivity contribution in [3.8, 4) is 17.6 Å². The number of ether oxygens (including phenoxy) is 1. The first-order valence-electron chi connectivity index (χ1n) is 6.22. The molecule has 0 aromatic heterocycles. The van der Waals surface area contributed by atoms with Crippen LogP contribution < -0.4 is 4.74 Å². The van der Waals surface area contributed by atoms with Gasteiger partial charge in [0, 0.05) is 16.1 Å². The number of hydrogen-bond donors (Lipinski definition) is 0. The smallest absolute Gasteiger partial charge is 0.119 e. The first-order chi connectivity index (χ1) is 9.69. The molecule has 0 heterocycles. The van der Waals surface area contributed by atoms with Crippen LogP contribution in [0.1, 0.15) is 16.7 Å². The standard InChI is InChI=1S/C17H14Cl2O/c1-13-4-7-15(17(19)11-13)12-20-16-8-5-14(6-9-16)3-2-10-18/h4-9,11H,10,12H2,1H3. The fourth-order valence-corrected chi connectivity index (χ4v) is 2.06.